The first-order valence-corrected chi connectivity index (χ1v) is 5.23. The SMILES string of the molecule is COc1ccccc1OCC(C)CCN. The molecule has 1 aromatic rings. The second-order valence-corrected chi connectivity index (χ2v) is 3.64. The fraction of sp³-hybridized carbons (Fsp3) is 0.500. The Kier molecular flexibility index (Phi) is 4.98. The van der Waals surface area contributed by atoms with Gasteiger partial charge in [0.25, 0.3) is 0 Å². The maximum Gasteiger partial charge on any atom is 0.161 e. The first kappa shape index (κ1) is 11.9. The van der Waals surface area contributed by atoms with Crippen molar-refractivity contribution >= 4 is 0 Å². The molecule has 0 bridgehead atoms. The summed E-state index contributed by atoms with van der Waals surface area (Å²) >= 11 is 0. The molecule has 3 heteroatoms. The Morgan fingerprint density at radius 2 is 1.93 bits per heavy atom. The van der Waals surface area contributed by atoms with Crippen LogP contribution in [0.3, 0.4) is 0 Å². The van der Waals surface area contributed by atoms with Gasteiger partial charge in [0.15, 0.2) is 11.5 Å². The Morgan fingerprint density at radius 1 is 1.27 bits per heavy atom. The molecule has 0 aliphatic rings. The van der Waals surface area contributed by atoms with Gasteiger partial charge >= 0.3 is 0 Å². The molecule has 1 aromatic carbocycles. The fourth-order valence-corrected chi connectivity index (χ4v) is 1.34. The highest BCUT2D eigenvalue weighted by Gasteiger charge is 2.05. The Morgan fingerprint density at radius 3 is 2.53 bits per heavy atom. The Labute approximate surface area is 91.2 Å². The number of hydrogen-bond acceptors (Lipinski definition) is 3. The summed E-state index contributed by atoms with van der Waals surface area (Å²) in [5, 5.41) is 0. The number of nitrogens with two attached hydrogens (primary N) is 1. The van der Waals surface area contributed by atoms with Crippen molar-refractivity contribution in [2.24, 2.45) is 11.7 Å². The fourth-order valence-electron chi connectivity index (χ4n) is 1.34. The van der Waals surface area contributed by atoms with Gasteiger partial charge in [-0.05, 0) is 31.0 Å². The minimum Gasteiger partial charge on any atom is -0.493 e. The molecule has 0 radical (unpaired) electrons. The molecule has 15 heavy (non-hydrogen) atoms. The summed E-state index contributed by atoms with van der Waals surface area (Å²) in [4.78, 5) is 0. The van der Waals surface area contributed by atoms with Gasteiger partial charge in [-0.25, -0.2) is 0 Å². The van der Waals surface area contributed by atoms with Crippen LogP contribution in [0.4, 0.5) is 0 Å². The van der Waals surface area contributed by atoms with Crippen molar-refractivity contribution in [1.29, 1.82) is 0 Å². The van der Waals surface area contributed by atoms with Gasteiger partial charge in [-0.2, -0.15) is 0 Å². The zero-order valence-electron chi connectivity index (χ0n) is 9.40. The van der Waals surface area contributed by atoms with E-state index >= 15 is 0 Å². The lowest BCUT2D eigenvalue weighted by Crippen LogP contribution is -2.13. The number of para-hydroxylation sites is 2. The van der Waals surface area contributed by atoms with E-state index in [0.29, 0.717) is 19.1 Å². The van der Waals surface area contributed by atoms with Crippen molar-refractivity contribution in [2.75, 3.05) is 20.3 Å². The van der Waals surface area contributed by atoms with E-state index in [2.05, 4.69) is 6.92 Å². The van der Waals surface area contributed by atoms with E-state index in [4.69, 9.17) is 15.2 Å². The highest BCUT2D eigenvalue weighted by atomic mass is 16.5. The summed E-state index contributed by atoms with van der Waals surface area (Å²) in [5.41, 5.74) is 5.47. The van der Waals surface area contributed by atoms with Crippen LogP contribution < -0.4 is 15.2 Å². The molecule has 1 rings (SSSR count). The van der Waals surface area contributed by atoms with E-state index in [-0.39, 0.29) is 0 Å². The Balaban J connectivity index is 2.49. The third kappa shape index (κ3) is 3.80. The zero-order chi connectivity index (χ0) is 11.1. The third-order valence-electron chi connectivity index (χ3n) is 2.25. The minimum atomic E-state index is 0.472. The van der Waals surface area contributed by atoms with E-state index < -0.39 is 0 Å². The Hall–Kier alpha value is -1.22. The maximum atomic E-state index is 5.66. The van der Waals surface area contributed by atoms with Gasteiger partial charge in [-0.1, -0.05) is 19.1 Å². The first-order chi connectivity index (χ1) is 7.27. The van der Waals surface area contributed by atoms with Crippen LogP contribution in [0.5, 0.6) is 11.5 Å². The molecule has 0 saturated heterocycles. The van der Waals surface area contributed by atoms with E-state index in [1.807, 2.05) is 24.3 Å². The summed E-state index contributed by atoms with van der Waals surface area (Å²) < 4.78 is 10.8. The molecule has 84 valence electrons. The first-order valence-electron chi connectivity index (χ1n) is 5.23. The zero-order valence-corrected chi connectivity index (χ0v) is 9.40. The second kappa shape index (κ2) is 6.30. The van der Waals surface area contributed by atoms with Gasteiger partial charge in [0.2, 0.25) is 0 Å². The maximum absolute atomic E-state index is 5.66. The van der Waals surface area contributed by atoms with E-state index in [1.165, 1.54) is 0 Å². The smallest absolute Gasteiger partial charge is 0.161 e. The molecule has 0 aliphatic carbocycles. The van der Waals surface area contributed by atoms with Crippen LogP contribution in [-0.2, 0) is 0 Å². The second-order valence-electron chi connectivity index (χ2n) is 3.64. The highest BCUT2D eigenvalue weighted by molar-refractivity contribution is 5.39. The number of hydrogen-bond donors (Lipinski definition) is 1. The van der Waals surface area contributed by atoms with Crippen LogP contribution >= 0.6 is 0 Å². The molecule has 0 aliphatic heterocycles. The monoisotopic (exact) mass is 209 g/mol. The lowest BCUT2D eigenvalue weighted by Gasteiger charge is -2.14. The lowest BCUT2D eigenvalue weighted by atomic mass is 10.1. The molecular formula is C12H19NO2. The van der Waals surface area contributed by atoms with Crippen molar-refractivity contribution in [3.8, 4) is 11.5 Å². The standard InChI is InChI=1S/C12H19NO2/c1-10(7-8-13)9-15-12-6-4-3-5-11(12)14-2/h3-6,10H,7-9,13H2,1-2H3. The van der Waals surface area contributed by atoms with Crippen molar-refractivity contribution in [3.63, 3.8) is 0 Å². The van der Waals surface area contributed by atoms with Crippen molar-refractivity contribution in [3.05, 3.63) is 24.3 Å². The molecule has 3 nitrogen and oxygen atoms in total. The molecule has 0 saturated carbocycles. The van der Waals surface area contributed by atoms with E-state index in [9.17, 15) is 0 Å². The van der Waals surface area contributed by atoms with Crippen LogP contribution in [0, 0.1) is 5.92 Å². The predicted octanol–water partition coefficient (Wildman–Crippen LogP) is 2.06. The number of rotatable bonds is 6. The van der Waals surface area contributed by atoms with Crippen molar-refractivity contribution < 1.29 is 9.47 Å². The van der Waals surface area contributed by atoms with Crippen LogP contribution in [0.1, 0.15) is 13.3 Å². The van der Waals surface area contributed by atoms with Crippen molar-refractivity contribution in [2.45, 2.75) is 13.3 Å². The van der Waals surface area contributed by atoms with Crippen LogP contribution in [0.25, 0.3) is 0 Å². The quantitative estimate of drug-likeness (QED) is 0.780. The van der Waals surface area contributed by atoms with Gasteiger partial charge in [-0.3, -0.25) is 0 Å². The third-order valence-corrected chi connectivity index (χ3v) is 2.25. The molecule has 1 atom stereocenters. The average molecular weight is 209 g/mol. The summed E-state index contributed by atoms with van der Waals surface area (Å²) in [6, 6.07) is 7.66. The van der Waals surface area contributed by atoms with Crippen LogP contribution in [0.2, 0.25) is 0 Å². The molecular weight excluding hydrogens is 190 g/mol. The van der Waals surface area contributed by atoms with Crippen LogP contribution in [-0.4, -0.2) is 20.3 Å². The summed E-state index contributed by atoms with van der Waals surface area (Å²) in [6.07, 6.45) is 0.981. The number of ether oxygens (including phenoxy) is 2. The molecule has 0 fully saturated rings. The Bertz CT molecular complexity index is 289. The molecule has 1 unspecified atom stereocenters. The number of methoxy groups -OCH3 is 1. The molecule has 2 N–H and O–H groups in total. The molecule has 0 spiro atoms. The van der Waals surface area contributed by atoms with Gasteiger partial charge in [0, 0.05) is 0 Å². The average Bonchev–Trinajstić information content (AvgIpc) is 2.27. The lowest BCUT2D eigenvalue weighted by molar-refractivity contribution is 0.242. The van der Waals surface area contributed by atoms with Crippen LogP contribution in [0.15, 0.2) is 24.3 Å². The molecule has 0 heterocycles. The summed E-state index contributed by atoms with van der Waals surface area (Å²) in [6.45, 7) is 3.51. The largest absolute Gasteiger partial charge is 0.493 e. The normalized spacial score (nSPS) is 12.2. The topological polar surface area (TPSA) is 44.5 Å². The van der Waals surface area contributed by atoms with Gasteiger partial charge < -0.3 is 15.2 Å². The summed E-state index contributed by atoms with van der Waals surface area (Å²) in [7, 11) is 1.64. The molecule has 0 amide bonds. The highest BCUT2D eigenvalue weighted by Crippen LogP contribution is 2.26. The predicted molar refractivity (Wildman–Crippen MR) is 61.3 cm³/mol. The summed E-state index contributed by atoms with van der Waals surface area (Å²) in [5.74, 6) is 2.04. The minimum absolute atomic E-state index is 0.472. The number of benzene rings is 1. The van der Waals surface area contributed by atoms with Gasteiger partial charge in [0.1, 0.15) is 0 Å². The van der Waals surface area contributed by atoms with Gasteiger partial charge in [0.05, 0.1) is 13.7 Å². The van der Waals surface area contributed by atoms with E-state index in [1.54, 1.807) is 7.11 Å². The van der Waals surface area contributed by atoms with Crippen molar-refractivity contribution in [1.82, 2.24) is 0 Å². The molecule has 0 aromatic heterocycles. The van der Waals surface area contributed by atoms with E-state index in [0.717, 1.165) is 17.9 Å². The van der Waals surface area contributed by atoms with Gasteiger partial charge in [-0.15, -0.1) is 0 Å².